The molecule has 2 fully saturated rings. The third-order valence-corrected chi connectivity index (χ3v) is 8.30. The molecule has 15 nitrogen and oxygen atoms in total. The van der Waals surface area contributed by atoms with Gasteiger partial charge in [0.05, 0.1) is 53.6 Å². The number of benzene rings is 1. The number of ether oxygens (including phenoxy) is 1. The molecule has 0 aliphatic carbocycles. The Kier molecular flexibility index (Phi) is 8.92. The number of fused-ring (bicyclic) bond motifs is 1. The molecule has 6 rings (SSSR count). The highest BCUT2D eigenvalue weighted by atomic mass is 35.5. The molecule has 3 aromatic heterocycles. The number of nitrogens with zero attached hydrogens (tertiary/aromatic N) is 8. The number of hydrogen-bond donors (Lipinski definition) is 3. The first kappa shape index (κ1) is 32.7. The zero-order valence-electron chi connectivity index (χ0n) is 24.9. The molecule has 1 aromatic carbocycles. The van der Waals surface area contributed by atoms with Crippen LogP contribution in [0.4, 0.5) is 24.7 Å². The quantitative estimate of drug-likeness (QED) is 0.182. The summed E-state index contributed by atoms with van der Waals surface area (Å²) < 4.78 is 49.5. The van der Waals surface area contributed by atoms with Crippen molar-refractivity contribution >= 4 is 46.5 Å². The first-order valence-electron chi connectivity index (χ1n) is 14.6. The van der Waals surface area contributed by atoms with E-state index in [1.165, 1.54) is 46.2 Å². The van der Waals surface area contributed by atoms with Crippen molar-refractivity contribution in [3.05, 3.63) is 59.3 Å². The molecule has 1 unspecified atom stereocenters. The molecule has 0 radical (unpaired) electrons. The fourth-order valence-corrected chi connectivity index (χ4v) is 5.80. The summed E-state index contributed by atoms with van der Waals surface area (Å²) in [6.07, 6.45) is -0.308. The number of piperazine rings is 1. The second-order valence-corrected chi connectivity index (χ2v) is 11.4. The van der Waals surface area contributed by atoms with Crippen molar-refractivity contribution in [3.63, 3.8) is 0 Å². The predicted molar refractivity (Wildman–Crippen MR) is 163 cm³/mol. The van der Waals surface area contributed by atoms with E-state index < -0.39 is 35.9 Å². The SMILES string of the molecule is N#CCCn1cc(-c2cnc3c(Nc4ccc(C(=O)N5CCN(C6CNC6)C(OC(=O)C(N)=O)C5)c(Cl)c4)nccn23)c(C(F)(F)F)n1. The average molecular weight is 686 g/mol. The smallest absolute Gasteiger partial charge is 0.435 e. The van der Waals surface area contributed by atoms with Gasteiger partial charge in [-0.3, -0.25) is 23.6 Å². The number of nitriles is 1. The van der Waals surface area contributed by atoms with Crippen LogP contribution in [0.3, 0.4) is 0 Å². The van der Waals surface area contributed by atoms with Crippen molar-refractivity contribution in [3.8, 4) is 17.3 Å². The Hall–Kier alpha value is -5.25. The Morgan fingerprint density at radius 2 is 2.00 bits per heavy atom. The number of nitrogens with one attached hydrogen (secondary N) is 2. The summed E-state index contributed by atoms with van der Waals surface area (Å²) >= 11 is 6.55. The molecule has 48 heavy (non-hydrogen) atoms. The van der Waals surface area contributed by atoms with Gasteiger partial charge in [0, 0.05) is 56.5 Å². The first-order chi connectivity index (χ1) is 22.9. The standard InChI is InChI=1S/C29H27ClF3N11O4/c30-20-10-16(2-3-18(20)27(46)41-8-9-43(17-11-36-12-17)22(15-41)48-28(47)24(35)45)39-25-26-38-13-21(44(26)7-5-37-25)19-14-42(6-1-4-34)40-23(19)29(31,32)33/h2-3,5,7,10,13-14,17,22,36H,1,6,8-9,11-12,15H2,(H2,35,45)(H,37,39). The van der Waals surface area contributed by atoms with Gasteiger partial charge in [0.15, 0.2) is 23.4 Å². The highest BCUT2D eigenvalue weighted by Gasteiger charge is 2.40. The second-order valence-electron chi connectivity index (χ2n) is 11.0. The van der Waals surface area contributed by atoms with Gasteiger partial charge in [0.2, 0.25) is 0 Å². The molecule has 1 atom stereocenters. The minimum Gasteiger partial charge on any atom is -0.437 e. The summed E-state index contributed by atoms with van der Waals surface area (Å²) in [5.74, 6) is -2.65. The molecule has 4 aromatic rings. The van der Waals surface area contributed by atoms with E-state index >= 15 is 0 Å². The number of primary amides is 1. The maximum Gasteiger partial charge on any atom is 0.435 e. The number of nitrogens with two attached hydrogens (primary N) is 1. The number of alkyl halides is 3. The van der Waals surface area contributed by atoms with Crippen LogP contribution in [-0.2, 0) is 27.0 Å². The van der Waals surface area contributed by atoms with E-state index in [2.05, 4.69) is 25.7 Å². The summed E-state index contributed by atoms with van der Waals surface area (Å²) in [4.78, 5) is 48.8. The summed E-state index contributed by atoms with van der Waals surface area (Å²) in [6, 6.07) is 6.54. The number of aromatic nitrogens is 5. The van der Waals surface area contributed by atoms with Crippen LogP contribution >= 0.6 is 11.6 Å². The van der Waals surface area contributed by atoms with E-state index in [1.807, 2.05) is 11.0 Å². The number of rotatable bonds is 8. The van der Waals surface area contributed by atoms with Gasteiger partial charge in [0.25, 0.3) is 5.91 Å². The van der Waals surface area contributed by atoms with Gasteiger partial charge in [-0.05, 0) is 18.2 Å². The van der Waals surface area contributed by atoms with Gasteiger partial charge >= 0.3 is 18.1 Å². The molecule has 250 valence electrons. The summed E-state index contributed by atoms with van der Waals surface area (Å²) in [5, 5.41) is 18.8. The van der Waals surface area contributed by atoms with Crippen molar-refractivity contribution < 1.29 is 32.3 Å². The monoisotopic (exact) mass is 685 g/mol. The predicted octanol–water partition coefficient (Wildman–Crippen LogP) is 2.01. The lowest BCUT2D eigenvalue weighted by atomic mass is 10.1. The van der Waals surface area contributed by atoms with E-state index in [0.717, 1.165) is 4.68 Å². The lowest BCUT2D eigenvalue weighted by Crippen LogP contribution is -2.66. The van der Waals surface area contributed by atoms with Crippen LogP contribution in [-0.4, -0.2) is 96.7 Å². The van der Waals surface area contributed by atoms with Crippen LogP contribution in [0.25, 0.3) is 16.9 Å². The molecule has 2 saturated heterocycles. The van der Waals surface area contributed by atoms with Gasteiger partial charge < -0.3 is 26.0 Å². The lowest BCUT2D eigenvalue weighted by Gasteiger charge is -2.47. The summed E-state index contributed by atoms with van der Waals surface area (Å²) in [6.45, 7) is 2.03. The highest BCUT2D eigenvalue weighted by molar-refractivity contribution is 6.34. The summed E-state index contributed by atoms with van der Waals surface area (Å²) in [5.41, 5.74) is 4.65. The third kappa shape index (κ3) is 6.47. The zero-order chi connectivity index (χ0) is 34.2. The number of halogens is 4. The molecule has 5 heterocycles. The molecular formula is C29H27ClF3N11O4. The number of hydrogen-bond acceptors (Lipinski definition) is 11. The summed E-state index contributed by atoms with van der Waals surface area (Å²) in [7, 11) is 0. The van der Waals surface area contributed by atoms with Crippen molar-refractivity contribution in [2.24, 2.45) is 5.73 Å². The number of aryl methyl sites for hydroxylation is 1. The van der Waals surface area contributed by atoms with E-state index in [4.69, 9.17) is 27.3 Å². The van der Waals surface area contributed by atoms with Crippen LogP contribution < -0.4 is 16.4 Å². The number of carbonyl (C=O) groups is 3. The van der Waals surface area contributed by atoms with Gasteiger partial charge in [0.1, 0.15) is 0 Å². The largest absolute Gasteiger partial charge is 0.437 e. The van der Waals surface area contributed by atoms with Crippen molar-refractivity contribution in [2.45, 2.75) is 31.4 Å². The van der Waals surface area contributed by atoms with Crippen LogP contribution in [0.15, 0.2) is 43.0 Å². The van der Waals surface area contributed by atoms with Gasteiger partial charge in [-0.25, -0.2) is 14.8 Å². The number of imidazole rings is 1. The van der Waals surface area contributed by atoms with Crippen LogP contribution in [0, 0.1) is 11.3 Å². The Morgan fingerprint density at radius 3 is 2.67 bits per heavy atom. The van der Waals surface area contributed by atoms with Gasteiger partial charge in [-0.15, -0.1) is 0 Å². The maximum absolute atomic E-state index is 13.9. The van der Waals surface area contributed by atoms with Crippen LogP contribution in [0.1, 0.15) is 22.5 Å². The first-order valence-corrected chi connectivity index (χ1v) is 15.0. The highest BCUT2D eigenvalue weighted by Crippen LogP contribution is 2.37. The number of esters is 1. The molecule has 2 amide bonds. The second kappa shape index (κ2) is 13.1. The molecule has 0 spiro atoms. The average Bonchev–Trinajstić information content (AvgIpc) is 3.65. The van der Waals surface area contributed by atoms with Gasteiger partial charge in [-0.1, -0.05) is 11.6 Å². The minimum atomic E-state index is -4.75. The minimum absolute atomic E-state index is 0.00784. The van der Waals surface area contributed by atoms with Gasteiger partial charge in [-0.2, -0.15) is 23.5 Å². The molecule has 4 N–H and O–H groups in total. The molecule has 0 saturated carbocycles. The van der Waals surface area contributed by atoms with Crippen molar-refractivity contribution in [1.29, 1.82) is 5.26 Å². The fourth-order valence-electron chi connectivity index (χ4n) is 5.54. The van der Waals surface area contributed by atoms with Crippen LogP contribution in [0.5, 0.6) is 0 Å². The van der Waals surface area contributed by atoms with Crippen molar-refractivity contribution in [1.82, 2.24) is 39.3 Å². The van der Waals surface area contributed by atoms with E-state index in [9.17, 15) is 27.6 Å². The molecule has 0 bridgehead atoms. The van der Waals surface area contributed by atoms with E-state index in [-0.39, 0.29) is 58.9 Å². The fraction of sp³-hybridized carbons (Fsp3) is 0.345. The normalized spacial score (nSPS) is 17.1. The van der Waals surface area contributed by atoms with Crippen LogP contribution in [0.2, 0.25) is 5.02 Å². The Bertz CT molecular complexity index is 1940. The number of amides is 2. The van der Waals surface area contributed by atoms with Crippen molar-refractivity contribution in [2.75, 3.05) is 38.0 Å². The topological polar surface area (TPSA) is 189 Å². The lowest BCUT2D eigenvalue weighted by molar-refractivity contribution is -0.173. The Balaban J connectivity index is 1.21. The molecular weight excluding hydrogens is 659 g/mol. The maximum atomic E-state index is 13.9. The molecule has 2 aliphatic heterocycles. The molecule has 19 heteroatoms. The third-order valence-electron chi connectivity index (χ3n) is 7.98. The Labute approximate surface area is 275 Å². The molecule has 2 aliphatic rings. The van der Waals surface area contributed by atoms with E-state index in [1.54, 1.807) is 6.07 Å². The number of anilines is 2. The zero-order valence-corrected chi connectivity index (χ0v) is 25.7. The van der Waals surface area contributed by atoms with E-state index in [0.29, 0.717) is 31.9 Å². The Morgan fingerprint density at radius 1 is 1.21 bits per heavy atom. The number of carbonyl (C=O) groups excluding carboxylic acids is 3.